The molecule has 1 heterocycles. The fraction of sp³-hybridized carbons (Fsp3) is 0.250. The van der Waals surface area contributed by atoms with Crippen molar-refractivity contribution in [3.8, 4) is 5.75 Å². The van der Waals surface area contributed by atoms with Gasteiger partial charge in [0.2, 0.25) is 5.91 Å². The summed E-state index contributed by atoms with van der Waals surface area (Å²) in [6, 6.07) is 16.3. The second-order valence-electron chi connectivity index (χ2n) is 6.07. The summed E-state index contributed by atoms with van der Waals surface area (Å²) in [6.45, 7) is 1.05. The standard InChI is InChI=1S/C20H21N3O4/c24-18-14-22-20(26)23(18)11-6-12-27-17-10-5-4-9-16(17)19(25)21-13-15-7-2-1-3-8-15/h1-5,7-10H,6,11-14H2,(H,21,25)(H,22,26). The van der Waals surface area contributed by atoms with Gasteiger partial charge < -0.3 is 15.4 Å². The number of imide groups is 1. The first-order chi connectivity index (χ1) is 13.1. The average molecular weight is 367 g/mol. The predicted octanol–water partition coefficient (Wildman–Crippen LogP) is 1.94. The van der Waals surface area contributed by atoms with Gasteiger partial charge in [-0.25, -0.2) is 4.79 Å². The normalized spacial score (nSPS) is 13.4. The highest BCUT2D eigenvalue weighted by molar-refractivity contribution is 6.01. The van der Waals surface area contributed by atoms with Gasteiger partial charge in [-0.3, -0.25) is 14.5 Å². The number of carbonyl (C=O) groups excluding carboxylic acids is 3. The first-order valence-corrected chi connectivity index (χ1v) is 8.77. The lowest BCUT2D eigenvalue weighted by molar-refractivity contribution is -0.125. The number of amides is 4. The highest BCUT2D eigenvalue weighted by Crippen LogP contribution is 2.18. The molecule has 0 unspecified atom stereocenters. The summed E-state index contributed by atoms with van der Waals surface area (Å²) in [5.41, 5.74) is 1.46. The first kappa shape index (κ1) is 18.4. The number of rotatable bonds is 8. The van der Waals surface area contributed by atoms with Crippen LogP contribution in [0.2, 0.25) is 0 Å². The molecule has 2 N–H and O–H groups in total. The summed E-state index contributed by atoms with van der Waals surface area (Å²) in [5, 5.41) is 5.35. The van der Waals surface area contributed by atoms with Gasteiger partial charge in [-0.05, 0) is 24.1 Å². The Labute approximate surface area is 157 Å². The highest BCUT2D eigenvalue weighted by atomic mass is 16.5. The summed E-state index contributed by atoms with van der Waals surface area (Å²) in [7, 11) is 0. The molecule has 0 atom stereocenters. The van der Waals surface area contributed by atoms with E-state index in [0.29, 0.717) is 30.9 Å². The van der Waals surface area contributed by atoms with Crippen molar-refractivity contribution in [3.63, 3.8) is 0 Å². The number of nitrogens with zero attached hydrogens (tertiary/aromatic N) is 1. The van der Waals surface area contributed by atoms with Crippen molar-refractivity contribution in [3.05, 3.63) is 65.7 Å². The predicted molar refractivity (Wildman–Crippen MR) is 99.3 cm³/mol. The van der Waals surface area contributed by atoms with Crippen LogP contribution in [0.25, 0.3) is 0 Å². The lowest BCUT2D eigenvalue weighted by atomic mass is 10.1. The molecule has 1 aliphatic rings. The van der Waals surface area contributed by atoms with E-state index in [9.17, 15) is 14.4 Å². The summed E-state index contributed by atoms with van der Waals surface area (Å²) in [6.07, 6.45) is 0.485. The minimum atomic E-state index is -0.374. The molecule has 0 bridgehead atoms. The van der Waals surface area contributed by atoms with Gasteiger partial charge in [0.05, 0.1) is 18.7 Å². The molecule has 7 heteroatoms. The van der Waals surface area contributed by atoms with Gasteiger partial charge in [-0.2, -0.15) is 0 Å². The van der Waals surface area contributed by atoms with Crippen molar-refractivity contribution < 1.29 is 19.1 Å². The molecule has 0 aliphatic carbocycles. The number of ether oxygens (including phenoxy) is 1. The molecule has 1 fully saturated rings. The smallest absolute Gasteiger partial charge is 0.324 e. The molecule has 0 spiro atoms. The van der Waals surface area contributed by atoms with Crippen LogP contribution < -0.4 is 15.4 Å². The van der Waals surface area contributed by atoms with E-state index in [1.54, 1.807) is 24.3 Å². The molecule has 0 radical (unpaired) electrons. The monoisotopic (exact) mass is 367 g/mol. The molecule has 7 nitrogen and oxygen atoms in total. The van der Waals surface area contributed by atoms with Gasteiger partial charge in [0.1, 0.15) is 5.75 Å². The molecule has 27 heavy (non-hydrogen) atoms. The molecule has 4 amide bonds. The Hall–Kier alpha value is -3.35. The maximum absolute atomic E-state index is 12.5. The molecular weight excluding hydrogens is 346 g/mol. The lowest BCUT2D eigenvalue weighted by Gasteiger charge is -2.14. The quantitative estimate of drug-likeness (QED) is 0.551. The van der Waals surface area contributed by atoms with Crippen LogP contribution in [0.15, 0.2) is 54.6 Å². The topological polar surface area (TPSA) is 87.7 Å². The number of nitrogens with one attached hydrogen (secondary N) is 2. The molecule has 0 aromatic heterocycles. The highest BCUT2D eigenvalue weighted by Gasteiger charge is 2.27. The van der Waals surface area contributed by atoms with Gasteiger partial charge in [0.15, 0.2) is 0 Å². The zero-order valence-corrected chi connectivity index (χ0v) is 14.8. The van der Waals surface area contributed by atoms with E-state index in [2.05, 4.69) is 10.6 Å². The van der Waals surface area contributed by atoms with Crippen molar-refractivity contribution >= 4 is 17.8 Å². The molecule has 3 rings (SSSR count). The number of para-hydroxylation sites is 1. The Bertz CT molecular complexity index is 807. The second-order valence-corrected chi connectivity index (χ2v) is 6.07. The van der Waals surface area contributed by atoms with Crippen molar-refractivity contribution in [1.29, 1.82) is 0 Å². The van der Waals surface area contributed by atoms with Crippen molar-refractivity contribution in [2.24, 2.45) is 0 Å². The summed E-state index contributed by atoms with van der Waals surface area (Å²) >= 11 is 0. The van der Waals surface area contributed by atoms with E-state index < -0.39 is 0 Å². The third kappa shape index (κ3) is 4.84. The van der Waals surface area contributed by atoms with E-state index >= 15 is 0 Å². The van der Waals surface area contributed by atoms with Crippen LogP contribution >= 0.6 is 0 Å². The van der Waals surface area contributed by atoms with Crippen molar-refractivity contribution in [2.45, 2.75) is 13.0 Å². The zero-order valence-electron chi connectivity index (χ0n) is 14.8. The van der Waals surface area contributed by atoms with Gasteiger partial charge in [-0.15, -0.1) is 0 Å². The van der Waals surface area contributed by atoms with E-state index in [1.807, 2.05) is 30.3 Å². The Morgan fingerprint density at radius 2 is 1.81 bits per heavy atom. The Balaban J connectivity index is 1.51. The van der Waals surface area contributed by atoms with Gasteiger partial charge >= 0.3 is 6.03 Å². The molecule has 2 aromatic carbocycles. The van der Waals surface area contributed by atoms with Crippen LogP contribution in [-0.2, 0) is 11.3 Å². The van der Waals surface area contributed by atoms with E-state index in [0.717, 1.165) is 5.56 Å². The maximum Gasteiger partial charge on any atom is 0.324 e. The lowest BCUT2D eigenvalue weighted by Crippen LogP contribution is -2.32. The van der Waals surface area contributed by atoms with Crippen LogP contribution in [0, 0.1) is 0 Å². The number of hydrogen-bond acceptors (Lipinski definition) is 4. The minimum absolute atomic E-state index is 0.0457. The van der Waals surface area contributed by atoms with Crippen LogP contribution in [-0.4, -0.2) is 42.4 Å². The van der Waals surface area contributed by atoms with E-state index in [-0.39, 0.29) is 30.9 Å². The number of benzene rings is 2. The Morgan fingerprint density at radius 3 is 2.56 bits per heavy atom. The fourth-order valence-corrected chi connectivity index (χ4v) is 2.74. The third-order valence-corrected chi connectivity index (χ3v) is 4.15. The van der Waals surface area contributed by atoms with Crippen LogP contribution in [0.5, 0.6) is 5.75 Å². The van der Waals surface area contributed by atoms with E-state index in [1.165, 1.54) is 4.90 Å². The van der Waals surface area contributed by atoms with Gasteiger partial charge in [0.25, 0.3) is 5.91 Å². The summed E-state index contributed by atoms with van der Waals surface area (Å²) < 4.78 is 5.71. The third-order valence-electron chi connectivity index (χ3n) is 4.15. The number of hydrogen-bond donors (Lipinski definition) is 2. The minimum Gasteiger partial charge on any atom is -0.493 e. The molecule has 0 saturated carbocycles. The largest absolute Gasteiger partial charge is 0.493 e. The van der Waals surface area contributed by atoms with Gasteiger partial charge in [0, 0.05) is 13.1 Å². The molecule has 2 aromatic rings. The van der Waals surface area contributed by atoms with Gasteiger partial charge in [-0.1, -0.05) is 42.5 Å². The summed E-state index contributed by atoms with van der Waals surface area (Å²) in [4.78, 5) is 36.6. The Morgan fingerprint density at radius 1 is 1.07 bits per heavy atom. The average Bonchev–Trinajstić information content (AvgIpc) is 3.02. The van der Waals surface area contributed by atoms with Crippen LogP contribution in [0.3, 0.4) is 0 Å². The molecule has 140 valence electrons. The summed E-state index contributed by atoms with van der Waals surface area (Å²) in [5.74, 6) is 0.0181. The number of urea groups is 1. The maximum atomic E-state index is 12.5. The second kappa shape index (κ2) is 8.84. The number of carbonyl (C=O) groups is 3. The van der Waals surface area contributed by atoms with Crippen molar-refractivity contribution in [1.82, 2.24) is 15.5 Å². The molecular formula is C20H21N3O4. The van der Waals surface area contributed by atoms with E-state index in [4.69, 9.17) is 4.74 Å². The van der Waals surface area contributed by atoms with Crippen LogP contribution in [0.1, 0.15) is 22.3 Å². The Kier molecular flexibility index (Phi) is 6.04. The molecule has 1 aliphatic heterocycles. The SMILES string of the molecule is O=C(NCc1ccccc1)c1ccccc1OCCCN1C(=O)CNC1=O. The first-order valence-electron chi connectivity index (χ1n) is 8.77. The zero-order chi connectivity index (χ0) is 19.1. The molecule has 1 saturated heterocycles. The van der Waals surface area contributed by atoms with Crippen LogP contribution in [0.4, 0.5) is 4.79 Å². The van der Waals surface area contributed by atoms with Crippen molar-refractivity contribution in [2.75, 3.05) is 19.7 Å². The fourth-order valence-electron chi connectivity index (χ4n) is 2.74.